The van der Waals surface area contributed by atoms with Crippen LogP contribution in [0.3, 0.4) is 0 Å². The fourth-order valence-corrected chi connectivity index (χ4v) is 5.35. The number of carboxylic acid groups (broad SMARTS) is 1. The molecule has 1 aliphatic rings. The van der Waals surface area contributed by atoms with Gasteiger partial charge < -0.3 is 14.9 Å². The van der Waals surface area contributed by atoms with Crippen molar-refractivity contribution in [2.24, 2.45) is 7.05 Å². The Morgan fingerprint density at radius 2 is 1.89 bits per heavy atom. The van der Waals surface area contributed by atoms with E-state index < -0.39 is 6.09 Å². The number of rotatable bonds is 4. The van der Waals surface area contributed by atoms with Gasteiger partial charge >= 0.3 is 6.09 Å². The molecule has 0 unspecified atom stereocenters. The van der Waals surface area contributed by atoms with Crippen molar-refractivity contribution in [2.45, 2.75) is 16.5 Å². The molecule has 1 amide bonds. The number of nitrogens with zero attached hydrogens (tertiary/aromatic N) is 8. The van der Waals surface area contributed by atoms with Crippen molar-refractivity contribution in [3.05, 3.63) is 61.2 Å². The van der Waals surface area contributed by atoms with E-state index in [0.29, 0.717) is 19.6 Å². The van der Waals surface area contributed by atoms with E-state index in [0.717, 1.165) is 56.4 Å². The monoisotopic (exact) mass is 500 g/mol. The highest BCUT2D eigenvalue weighted by molar-refractivity contribution is 7.99. The number of hydrogen-bond donors (Lipinski definition) is 1. The van der Waals surface area contributed by atoms with Crippen LogP contribution in [0.4, 0.5) is 10.5 Å². The van der Waals surface area contributed by atoms with Crippen molar-refractivity contribution in [2.75, 3.05) is 31.1 Å². The molecule has 1 aromatic carbocycles. The van der Waals surface area contributed by atoms with Gasteiger partial charge in [0.1, 0.15) is 0 Å². The maximum atomic E-state index is 11.3. The van der Waals surface area contributed by atoms with E-state index in [1.807, 2.05) is 60.5 Å². The molecule has 182 valence electrons. The van der Waals surface area contributed by atoms with Crippen LogP contribution < -0.4 is 4.90 Å². The third kappa shape index (κ3) is 4.33. The third-order valence-electron chi connectivity index (χ3n) is 6.39. The molecule has 1 saturated heterocycles. The predicted molar refractivity (Wildman–Crippen MR) is 137 cm³/mol. The minimum absolute atomic E-state index is 0.490. The largest absolute Gasteiger partial charge is 0.465 e. The molecule has 4 aromatic heterocycles. The van der Waals surface area contributed by atoms with Crippen molar-refractivity contribution in [3.8, 4) is 11.1 Å². The summed E-state index contributed by atoms with van der Waals surface area (Å²) < 4.78 is 3.78. The first-order valence-electron chi connectivity index (χ1n) is 11.7. The summed E-state index contributed by atoms with van der Waals surface area (Å²) in [4.78, 5) is 20.7. The summed E-state index contributed by atoms with van der Waals surface area (Å²) in [5.41, 5.74) is 4.78. The van der Waals surface area contributed by atoms with Gasteiger partial charge in [-0.25, -0.2) is 4.79 Å². The molecule has 6 rings (SSSR count). The minimum atomic E-state index is -0.858. The third-order valence-corrected chi connectivity index (χ3v) is 7.34. The second-order valence-corrected chi connectivity index (χ2v) is 9.83. The molecule has 11 heteroatoms. The molecule has 1 N–H and O–H groups in total. The topological polar surface area (TPSA) is 105 Å². The average molecular weight is 501 g/mol. The van der Waals surface area contributed by atoms with Crippen molar-refractivity contribution in [3.63, 3.8) is 0 Å². The van der Waals surface area contributed by atoms with Crippen LogP contribution in [0.5, 0.6) is 0 Å². The molecule has 1 fully saturated rings. The molecule has 5 heterocycles. The van der Waals surface area contributed by atoms with Gasteiger partial charge in [-0.05, 0) is 54.6 Å². The van der Waals surface area contributed by atoms with Gasteiger partial charge in [-0.1, -0.05) is 0 Å². The first kappa shape index (κ1) is 22.4. The Bertz CT molecular complexity index is 1580. The molecule has 1 aliphatic heterocycles. The van der Waals surface area contributed by atoms with Crippen molar-refractivity contribution < 1.29 is 9.90 Å². The van der Waals surface area contributed by atoms with Gasteiger partial charge in [0.05, 0.1) is 23.6 Å². The van der Waals surface area contributed by atoms with Crippen molar-refractivity contribution in [1.82, 2.24) is 34.3 Å². The van der Waals surface area contributed by atoms with Gasteiger partial charge in [-0.3, -0.25) is 14.1 Å². The summed E-state index contributed by atoms with van der Waals surface area (Å²) in [6, 6.07) is 12.3. The fourth-order valence-electron chi connectivity index (χ4n) is 4.49. The summed E-state index contributed by atoms with van der Waals surface area (Å²) >= 11 is 1.55. The second-order valence-electron chi connectivity index (χ2n) is 8.79. The molecule has 5 aromatic rings. The minimum Gasteiger partial charge on any atom is -0.465 e. The SMILES string of the molecule is Cn1cc(-c2ccc3nnc(Sc4ccc5ncc(N6CCCN(C(=O)O)CC6)cc5c4)n3c2)cn1. The highest BCUT2D eigenvalue weighted by Gasteiger charge is 2.19. The molecule has 0 radical (unpaired) electrons. The van der Waals surface area contributed by atoms with E-state index in [9.17, 15) is 9.90 Å². The molecule has 10 nitrogen and oxygen atoms in total. The van der Waals surface area contributed by atoms with Crippen molar-refractivity contribution in [1.29, 1.82) is 0 Å². The zero-order valence-electron chi connectivity index (χ0n) is 19.7. The number of carbonyl (C=O) groups is 1. The summed E-state index contributed by atoms with van der Waals surface area (Å²) in [5.74, 6) is 0. The number of aryl methyl sites for hydroxylation is 1. The van der Waals surface area contributed by atoms with Gasteiger partial charge in [-0.2, -0.15) is 5.10 Å². The van der Waals surface area contributed by atoms with E-state index >= 15 is 0 Å². The Hall–Kier alpha value is -4.12. The molecular weight excluding hydrogens is 476 g/mol. The Labute approximate surface area is 211 Å². The standard InChI is InChI=1S/C25H24N8O2S/c1-30-15-19(13-27-30)17-3-6-23-28-29-24(33(23)16-17)36-21-4-5-22-18(12-21)11-20(14-26-22)31-7-2-8-32(10-9-31)25(34)35/h3-6,11-16H,2,7-10H2,1H3,(H,34,35). The first-order chi connectivity index (χ1) is 17.5. The lowest BCUT2D eigenvalue weighted by atomic mass is 10.2. The first-order valence-corrected chi connectivity index (χ1v) is 12.5. The number of benzene rings is 1. The lowest BCUT2D eigenvalue weighted by Crippen LogP contribution is -2.34. The van der Waals surface area contributed by atoms with Gasteiger partial charge in [0, 0.05) is 67.0 Å². The van der Waals surface area contributed by atoms with Crippen LogP contribution in [-0.4, -0.2) is 71.6 Å². The maximum Gasteiger partial charge on any atom is 0.407 e. The summed E-state index contributed by atoms with van der Waals surface area (Å²) in [5, 5.41) is 24.1. The number of hydrogen-bond acceptors (Lipinski definition) is 7. The maximum absolute atomic E-state index is 11.3. The summed E-state index contributed by atoms with van der Waals surface area (Å²) in [7, 11) is 1.90. The van der Waals surface area contributed by atoms with Crippen LogP contribution in [0.15, 0.2) is 71.2 Å². The fraction of sp³-hybridized carbons (Fsp3) is 0.240. The van der Waals surface area contributed by atoms with Crippen LogP contribution in [0, 0.1) is 0 Å². The molecule has 0 atom stereocenters. The summed E-state index contributed by atoms with van der Waals surface area (Å²) in [6.45, 7) is 2.50. The Morgan fingerprint density at radius 1 is 0.972 bits per heavy atom. The molecule has 0 bridgehead atoms. The zero-order chi connectivity index (χ0) is 24.6. The van der Waals surface area contributed by atoms with Gasteiger partial charge in [0.25, 0.3) is 0 Å². The predicted octanol–water partition coefficient (Wildman–Crippen LogP) is 4.02. The molecule has 0 saturated carbocycles. The highest BCUT2D eigenvalue weighted by Crippen LogP contribution is 2.31. The van der Waals surface area contributed by atoms with Gasteiger partial charge in [0.2, 0.25) is 0 Å². The molecule has 0 aliphatic carbocycles. The number of anilines is 1. The number of fused-ring (bicyclic) bond motifs is 2. The van der Waals surface area contributed by atoms with Crippen LogP contribution >= 0.6 is 11.8 Å². The molecular formula is C25H24N8O2S. The summed E-state index contributed by atoms with van der Waals surface area (Å²) in [6.07, 6.45) is 7.67. The van der Waals surface area contributed by atoms with Crippen LogP contribution in [0.25, 0.3) is 27.7 Å². The Morgan fingerprint density at radius 3 is 2.72 bits per heavy atom. The zero-order valence-corrected chi connectivity index (χ0v) is 20.5. The quantitative estimate of drug-likeness (QED) is 0.395. The smallest absolute Gasteiger partial charge is 0.407 e. The Kier molecular flexibility index (Phi) is 5.68. The van der Waals surface area contributed by atoms with Crippen LogP contribution in [0.2, 0.25) is 0 Å². The van der Waals surface area contributed by atoms with E-state index in [4.69, 9.17) is 0 Å². The van der Waals surface area contributed by atoms with E-state index in [2.05, 4.69) is 37.3 Å². The number of pyridine rings is 2. The Balaban J connectivity index is 1.27. The van der Waals surface area contributed by atoms with Gasteiger partial charge in [-0.15, -0.1) is 10.2 Å². The second kappa shape index (κ2) is 9.15. The van der Waals surface area contributed by atoms with Gasteiger partial charge in [0.15, 0.2) is 10.8 Å². The van der Waals surface area contributed by atoms with Crippen LogP contribution in [0.1, 0.15) is 6.42 Å². The highest BCUT2D eigenvalue weighted by atomic mass is 32.2. The molecule has 0 spiro atoms. The van der Waals surface area contributed by atoms with E-state index in [-0.39, 0.29) is 0 Å². The number of amides is 1. The lowest BCUT2D eigenvalue weighted by Gasteiger charge is -2.23. The van der Waals surface area contributed by atoms with Crippen molar-refractivity contribution >= 4 is 40.1 Å². The normalized spacial score (nSPS) is 14.5. The lowest BCUT2D eigenvalue weighted by molar-refractivity contribution is 0.148. The molecule has 36 heavy (non-hydrogen) atoms. The van der Waals surface area contributed by atoms with E-state index in [1.165, 1.54) is 4.90 Å². The number of aromatic nitrogens is 6. The van der Waals surface area contributed by atoms with Crippen LogP contribution in [-0.2, 0) is 7.05 Å². The van der Waals surface area contributed by atoms with E-state index in [1.54, 1.807) is 16.4 Å². The average Bonchev–Trinajstić information content (AvgIpc) is 3.40.